The van der Waals surface area contributed by atoms with Gasteiger partial charge in [-0.2, -0.15) is 0 Å². The van der Waals surface area contributed by atoms with Gasteiger partial charge < -0.3 is 15.1 Å². The highest BCUT2D eigenvalue weighted by molar-refractivity contribution is 9.10. The molecule has 2 amide bonds. The van der Waals surface area contributed by atoms with Crippen molar-refractivity contribution in [3.63, 3.8) is 0 Å². The van der Waals surface area contributed by atoms with E-state index in [1.807, 2.05) is 42.3 Å². The van der Waals surface area contributed by atoms with Gasteiger partial charge in [0.15, 0.2) is 0 Å². The second kappa shape index (κ2) is 7.35. The standard InChI is InChI=1S/C21H22BrN3O2/c1-24-18-13-14(20(26)23-16-9-7-15(22)8-10-16)6-11-17(18)21(27)25-12-4-2-3-5-19(24)25/h6-11,13,19H,2-5,12H2,1H3,(H,23,26)/t19-/m1/s1. The van der Waals surface area contributed by atoms with Gasteiger partial charge in [0.05, 0.1) is 11.3 Å². The van der Waals surface area contributed by atoms with Crippen LogP contribution in [0.5, 0.6) is 0 Å². The SMILES string of the molecule is CN1c2cc(C(=O)Nc3ccc(Br)cc3)ccc2C(=O)N2CCCCC[C@@H]21. The number of anilines is 2. The molecule has 0 unspecified atom stereocenters. The summed E-state index contributed by atoms with van der Waals surface area (Å²) >= 11 is 3.39. The van der Waals surface area contributed by atoms with E-state index in [0.29, 0.717) is 11.1 Å². The fraction of sp³-hybridized carbons (Fsp3) is 0.333. The van der Waals surface area contributed by atoms with Crippen molar-refractivity contribution in [1.29, 1.82) is 0 Å². The Morgan fingerprint density at radius 3 is 2.67 bits per heavy atom. The van der Waals surface area contributed by atoms with Crippen LogP contribution < -0.4 is 10.2 Å². The van der Waals surface area contributed by atoms with E-state index >= 15 is 0 Å². The summed E-state index contributed by atoms with van der Waals surface area (Å²) in [5, 5.41) is 2.91. The first-order valence-electron chi connectivity index (χ1n) is 9.29. The summed E-state index contributed by atoms with van der Waals surface area (Å²) in [6.45, 7) is 0.805. The number of nitrogens with zero attached hydrogens (tertiary/aromatic N) is 2. The minimum absolute atomic E-state index is 0.0786. The van der Waals surface area contributed by atoms with E-state index in [-0.39, 0.29) is 18.0 Å². The minimum Gasteiger partial charge on any atom is -0.354 e. The van der Waals surface area contributed by atoms with Crippen LogP contribution in [-0.4, -0.2) is 36.5 Å². The number of benzene rings is 2. The van der Waals surface area contributed by atoms with Gasteiger partial charge in [-0.05, 0) is 61.7 Å². The molecule has 2 aromatic carbocycles. The summed E-state index contributed by atoms with van der Waals surface area (Å²) in [6, 6.07) is 12.8. The van der Waals surface area contributed by atoms with Crippen molar-refractivity contribution < 1.29 is 9.59 Å². The number of fused-ring (bicyclic) bond motifs is 2. The minimum atomic E-state index is -0.177. The maximum Gasteiger partial charge on any atom is 0.257 e. The van der Waals surface area contributed by atoms with Gasteiger partial charge in [0.1, 0.15) is 6.17 Å². The van der Waals surface area contributed by atoms with Crippen molar-refractivity contribution in [2.24, 2.45) is 0 Å². The molecule has 1 fully saturated rings. The molecular weight excluding hydrogens is 406 g/mol. The Balaban J connectivity index is 1.62. The van der Waals surface area contributed by atoms with Crippen molar-refractivity contribution in [1.82, 2.24) is 4.90 Å². The van der Waals surface area contributed by atoms with E-state index in [0.717, 1.165) is 48.1 Å². The molecular formula is C21H22BrN3O2. The predicted octanol–water partition coefficient (Wildman–Crippen LogP) is 4.49. The fourth-order valence-electron chi connectivity index (χ4n) is 3.93. The van der Waals surface area contributed by atoms with E-state index in [1.165, 1.54) is 0 Å². The van der Waals surface area contributed by atoms with Crippen LogP contribution >= 0.6 is 15.9 Å². The first kappa shape index (κ1) is 18.0. The average molecular weight is 428 g/mol. The molecule has 1 atom stereocenters. The normalized spacial score (nSPS) is 19.2. The molecule has 140 valence electrons. The van der Waals surface area contributed by atoms with Gasteiger partial charge in [-0.25, -0.2) is 0 Å². The van der Waals surface area contributed by atoms with E-state index in [9.17, 15) is 9.59 Å². The smallest absolute Gasteiger partial charge is 0.257 e. The Morgan fingerprint density at radius 2 is 1.89 bits per heavy atom. The highest BCUT2D eigenvalue weighted by atomic mass is 79.9. The van der Waals surface area contributed by atoms with Crippen LogP contribution in [0.3, 0.4) is 0 Å². The topological polar surface area (TPSA) is 52.7 Å². The Labute approximate surface area is 167 Å². The van der Waals surface area contributed by atoms with Crippen LogP contribution in [0, 0.1) is 0 Å². The first-order valence-corrected chi connectivity index (χ1v) is 10.1. The van der Waals surface area contributed by atoms with Gasteiger partial charge in [-0.1, -0.05) is 22.4 Å². The van der Waals surface area contributed by atoms with Crippen LogP contribution in [0.1, 0.15) is 46.4 Å². The Morgan fingerprint density at radius 1 is 1.11 bits per heavy atom. The number of amides is 2. The molecule has 0 aliphatic carbocycles. The zero-order valence-corrected chi connectivity index (χ0v) is 16.8. The van der Waals surface area contributed by atoms with E-state index in [4.69, 9.17) is 0 Å². The fourth-order valence-corrected chi connectivity index (χ4v) is 4.19. The highest BCUT2D eigenvalue weighted by Crippen LogP contribution is 2.34. The number of hydrogen-bond acceptors (Lipinski definition) is 3. The molecule has 0 aromatic heterocycles. The summed E-state index contributed by atoms with van der Waals surface area (Å²) in [7, 11) is 2.02. The Bertz CT molecular complexity index is 881. The lowest BCUT2D eigenvalue weighted by Crippen LogP contribution is -2.53. The third kappa shape index (κ3) is 3.46. The molecule has 6 heteroatoms. The van der Waals surface area contributed by atoms with Gasteiger partial charge >= 0.3 is 0 Å². The number of carbonyl (C=O) groups excluding carboxylic acids is 2. The van der Waals surface area contributed by atoms with Gasteiger partial charge in [-0.3, -0.25) is 9.59 Å². The second-order valence-corrected chi connectivity index (χ2v) is 8.05. The number of carbonyl (C=O) groups is 2. The highest BCUT2D eigenvalue weighted by Gasteiger charge is 2.36. The lowest BCUT2D eigenvalue weighted by atomic mass is 10.0. The molecule has 2 aromatic rings. The van der Waals surface area contributed by atoms with Crippen molar-refractivity contribution in [2.45, 2.75) is 31.8 Å². The van der Waals surface area contributed by atoms with Crippen molar-refractivity contribution >= 4 is 39.1 Å². The Kier molecular flexibility index (Phi) is 4.91. The largest absolute Gasteiger partial charge is 0.354 e. The molecule has 0 bridgehead atoms. The summed E-state index contributed by atoms with van der Waals surface area (Å²) < 4.78 is 0.961. The predicted molar refractivity (Wildman–Crippen MR) is 110 cm³/mol. The second-order valence-electron chi connectivity index (χ2n) is 7.13. The number of halogens is 1. The van der Waals surface area contributed by atoms with E-state index in [1.54, 1.807) is 12.1 Å². The van der Waals surface area contributed by atoms with Gasteiger partial charge in [0, 0.05) is 29.3 Å². The molecule has 5 nitrogen and oxygen atoms in total. The molecule has 0 radical (unpaired) electrons. The quantitative estimate of drug-likeness (QED) is 0.767. The lowest BCUT2D eigenvalue weighted by molar-refractivity contribution is 0.0661. The van der Waals surface area contributed by atoms with Crippen molar-refractivity contribution in [3.05, 3.63) is 58.1 Å². The third-order valence-electron chi connectivity index (χ3n) is 5.40. The summed E-state index contributed by atoms with van der Waals surface area (Å²) in [5.74, 6) is -0.0980. The third-order valence-corrected chi connectivity index (χ3v) is 5.93. The lowest BCUT2D eigenvalue weighted by Gasteiger charge is -2.43. The van der Waals surface area contributed by atoms with E-state index in [2.05, 4.69) is 26.1 Å². The zero-order chi connectivity index (χ0) is 19.0. The maximum absolute atomic E-state index is 12.9. The summed E-state index contributed by atoms with van der Waals surface area (Å²) in [4.78, 5) is 29.8. The monoisotopic (exact) mass is 427 g/mol. The number of rotatable bonds is 2. The molecule has 2 heterocycles. The molecule has 27 heavy (non-hydrogen) atoms. The zero-order valence-electron chi connectivity index (χ0n) is 15.2. The van der Waals surface area contributed by atoms with Crippen molar-refractivity contribution in [3.8, 4) is 0 Å². The van der Waals surface area contributed by atoms with Crippen LogP contribution in [0.25, 0.3) is 0 Å². The maximum atomic E-state index is 12.9. The summed E-state index contributed by atoms with van der Waals surface area (Å²) in [5.41, 5.74) is 2.81. The molecule has 1 saturated heterocycles. The number of hydrogen-bond donors (Lipinski definition) is 1. The van der Waals surface area contributed by atoms with Crippen molar-refractivity contribution in [2.75, 3.05) is 23.8 Å². The molecule has 0 saturated carbocycles. The van der Waals surface area contributed by atoms with Gasteiger partial charge in [0.25, 0.3) is 11.8 Å². The van der Waals surface area contributed by atoms with Gasteiger partial charge in [0.2, 0.25) is 0 Å². The van der Waals surface area contributed by atoms with Crippen LogP contribution in [0.2, 0.25) is 0 Å². The Hall–Kier alpha value is -2.34. The average Bonchev–Trinajstić information content (AvgIpc) is 2.94. The molecule has 4 rings (SSSR count). The first-order chi connectivity index (χ1) is 13.0. The molecule has 2 aliphatic rings. The molecule has 1 N–H and O–H groups in total. The van der Waals surface area contributed by atoms with E-state index < -0.39 is 0 Å². The molecule has 2 aliphatic heterocycles. The summed E-state index contributed by atoms with van der Waals surface area (Å²) in [6.07, 6.45) is 4.39. The van der Waals surface area contributed by atoms with Crippen LogP contribution in [-0.2, 0) is 0 Å². The molecule has 0 spiro atoms. The van der Waals surface area contributed by atoms with Crippen LogP contribution in [0.15, 0.2) is 46.9 Å². The number of nitrogens with one attached hydrogen (secondary N) is 1. The van der Waals surface area contributed by atoms with Crippen LogP contribution in [0.4, 0.5) is 11.4 Å². The van der Waals surface area contributed by atoms with Gasteiger partial charge in [-0.15, -0.1) is 0 Å².